The van der Waals surface area contributed by atoms with Crippen LogP contribution in [0.5, 0.6) is 0 Å². The van der Waals surface area contributed by atoms with Crippen molar-refractivity contribution in [2.45, 2.75) is 12.6 Å². The van der Waals surface area contributed by atoms with Crippen LogP contribution < -0.4 is 10.6 Å². The molecule has 3 aromatic rings. The molecule has 0 heterocycles. The smallest absolute Gasteiger partial charge is 0.252 e. The largest absolute Gasteiger partial charge is 0.394 e. The van der Waals surface area contributed by atoms with Crippen molar-refractivity contribution in [3.8, 4) is 0 Å². The third-order valence-corrected chi connectivity index (χ3v) is 4.54. The second kappa shape index (κ2) is 10.1. The molecule has 0 spiro atoms. The van der Waals surface area contributed by atoms with Crippen molar-refractivity contribution in [2.75, 3.05) is 6.61 Å². The second-order valence-corrected chi connectivity index (χ2v) is 6.69. The molecule has 1 atom stereocenters. The monoisotopic (exact) mass is 402 g/mol. The molecule has 0 radical (unpaired) electrons. The van der Waals surface area contributed by atoms with Crippen molar-refractivity contribution in [3.05, 3.63) is 107 Å². The number of aliphatic hydroxyl groups excluding tert-OH is 1. The molecule has 30 heavy (non-hydrogen) atoms. The average molecular weight is 402 g/mol. The number of benzene rings is 3. The summed E-state index contributed by atoms with van der Waals surface area (Å²) in [4.78, 5) is 37.5. The number of hydrogen-bond acceptors (Lipinski definition) is 4. The number of amides is 2. The lowest BCUT2D eigenvalue weighted by molar-refractivity contribution is -0.124. The van der Waals surface area contributed by atoms with Gasteiger partial charge in [0.15, 0.2) is 5.78 Å². The summed E-state index contributed by atoms with van der Waals surface area (Å²) in [6.45, 7) is -0.262. The van der Waals surface area contributed by atoms with E-state index in [1.54, 1.807) is 42.5 Å². The third kappa shape index (κ3) is 5.40. The number of carbonyl (C=O) groups excluding carboxylic acids is 3. The number of ketones is 1. The first kappa shape index (κ1) is 21.0. The summed E-state index contributed by atoms with van der Waals surface area (Å²) >= 11 is 0. The Morgan fingerprint density at radius 3 is 2.03 bits per heavy atom. The predicted molar refractivity (Wildman–Crippen MR) is 113 cm³/mol. The SMILES string of the molecule is O=C(N[C@@H](CO)C(=O)NCc1ccccc1)c1cccc(C(=O)c2ccccc2)c1. The summed E-state index contributed by atoms with van der Waals surface area (Å²) < 4.78 is 0. The Kier molecular flexibility index (Phi) is 7.08. The molecule has 3 N–H and O–H groups in total. The Morgan fingerprint density at radius 1 is 0.767 bits per heavy atom. The van der Waals surface area contributed by atoms with Crippen molar-refractivity contribution in [3.63, 3.8) is 0 Å². The first-order chi connectivity index (χ1) is 14.6. The zero-order chi connectivity index (χ0) is 21.3. The summed E-state index contributed by atoms with van der Waals surface area (Å²) in [5.74, 6) is -1.25. The van der Waals surface area contributed by atoms with Crippen LogP contribution >= 0.6 is 0 Å². The number of hydrogen-bond donors (Lipinski definition) is 3. The molecule has 0 bridgehead atoms. The molecule has 0 fully saturated rings. The van der Waals surface area contributed by atoms with Crippen molar-refractivity contribution < 1.29 is 19.5 Å². The molecule has 3 rings (SSSR count). The van der Waals surface area contributed by atoms with E-state index < -0.39 is 24.5 Å². The Labute approximate surface area is 174 Å². The molecule has 0 aliphatic rings. The van der Waals surface area contributed by atoms with Crippen molar-refractivity contribution >= 4 is 17.6 Å². The third-order valence-electron chi connectivity index (χ3n) is 4.54. The van der Waals surface area contributed by atoms with Crippen LogP contribution in [0.25, 0.3) is 0 Å². The van der Waals surface area contributed by atoms with Gasteiger partial charge in [0.1, 0.15) is 6.04 Å². The second-order valence-electron chi connectivity index (χ2n) is 6.69. The van der Waals surface area contributed by atoms with E-state index in [0.29, 0.717) is 11.1 Å². The predicted octanol–water partition coefficient (Wildman–Crippen LogP) is 2.32. The van der Waals surface area contributed by atoms with Crippen LogP contribution in [0.1, 0.15) is 31.8 Å². The molecule has 0 aliphatic heterocycles. The van der Waals surface area contributed by atoms with Crippen LogP contribution in [0.15, 0.2) is 84.9 Å². The van der Waals surface area contributed by atoms with Gasteiger partial charge in [0.05, 0.1) is 6.61 Å². The van der Waals surface area contributed by atoms with Crippen LogP contribution in [-0.4, -0.2) is 35.4 Å². The lowest BCUT2D eigenvalue weighted by atomic mass is 10.0. The van der Waals surface area contributed by atoms with Gasteiger partial charge in [-0.3, -0.25) is 14.4 Å². The summed E-state index contributed by atoms with van der Waals surface area (Å²) in [6, 6.07) is 23.2. The highest BCUT2D eigenvalue weighted by atomic mass is 16.3. The lowest BCUT2D eigenvalue weighted by Crippen LogP contribution is -2.48. The maximum absolute atomic E-state index is 12.6. The van der Waals surface area contributed by atoms with Crippen LogP contribution in [0.3, 0.4) is 0 Å². The standard InChI is InChI=1S/C24H22N2O4/c27-16-21(24(30)25-15-17-8-3-1-4-9-17)26-23(29)20-13-7-12-19(14-20)22(28)18-10-5-2-6-11-18/h1-14,21,27H,15-16H2,(H,25,30)(H,26,29)/t21-/m0/s1. The molecule has 0 aromatic heterocycles. The van der Waals surface area contributed by atoms with Gasteiger partial charge in [-0.15, -0.1) is 0 Å². The molecule has 6 nitrogen and oxygen atoms in total. The minimum atomic E-state index is -1.10. The van der Waals surface area contributed by atoms with E-state index in [0.717, 1.165) is 5.56 Å². The van der Waals surface area contributed by atoms with Gasteiger partial charge in [-0.25, -0.2) is 0 Å². The average Bonchev–Trinajstić information content (AvgIpc) is 2.81. The van der Waals surface area contributed by atoms with Crippen molar-refractivity contribution in [2.24, 2.45) is 0 Å². The minimum absolute atomic E-state index is 0.204. The Morgan fingerprint density at radius 2 is 1.37 bits per heavy atom. The summed E-state index contributed by atoms with van der Waals surface area (Å²) in [6.07, 6.45) is 0. The van der Waals surface area contributed by atoms with Gasteiger partial charge in [-0.1, -0.05) is 72.8 Å². The molecule has 3 aromatic carbocycles. The molecular formula is C24H22N2O4. The van der Waals surface area contributed by atoms with Gasteiger partial charge in [0.25, 0.3) is 5.91 Å². The number of carbonyl (C=O) groups is 3. The van der Waals surface area contributed by atoms with E-state index in [1.807, 2.05) is 36.4 Å². The highest BCUT2D eigenvalue weighted by Gasteiger charge is 2.21. The minimum Gasteiger partial charge on any atom is -0.394 e. The maximum atomic E-state index is 12.6. The van der Waals surface area contributed by atoms with Crippen LogP contribution in [0.4, 0.5) is 0 Å². The summed E-state index contributed by atoms with van der Waals surface area (Å²) in [5, 5.41) is 14.8. The lowest BCUT2D eigenvalue weighted by Gasteiger charge is -2.16. The highest BCUT2D eigenvalue weighted by molar-refractivity contribution is 6.10. The molecule has 0 unspecified atom stereocenters. The first-order valence-corrected chi connectivity index (χ1v) is 9.51. The zero-order valence-corrected chi connectivity index (χ0v) is 16.2. The molecule has 6 heteroatoms. The number of rotatable bonds is 8. The summed E-state index contributed by atoms with van der Waals surface area (Å²) in [5.41, 5.74) is 2.01. The van der Waals surface area contributed by atoms with Crippen molar-refractivity contribution in [1.82, 2.24) is 10.6 Å². The Bertz CT molecular complexity index is 1020. The Balaban J connectivity index is 1.65. The van der Waals surface area contributed by atoms with Gasteiger partial charge < -0.3 is 15.7 Å². The van der Waals surface area contributed by atoms with Crippen LogP contribution in [0, 0.1) is 0 Å². The molecular weight excluding hydrogens is 380 g/mol. The van der Waals surface area contributed by atoms with Gasteiger partial charge >= 0.3 is 0 Å². The van der Waals surface area contributed by atoms with E-state index in [4.69, 9.17) is 0 Å². The van der Waals surface area contributed by atoms with Gasteiger partial charge in [-0.05, 0) is 17.7 Å². The van der Waals surface area contributed by atoms with Crippen LogP contribution in [0.2, 0.25) is 0 Å². The zero-order valence-electron chi connectivity index (χ0n) is 16.2. The topological polar surface area (TPSA) is 95.5 Å². The van der Waals surface area contributed by atoms with Gasteiger partial charge in [0, 0.05) is 23.2 Å². The van der Waals surface area contributed by atoms with E-state index in [1.165, 1.54) is 6.07 Å². The van der Waals surface area contributed by atoms with E-state index in [-0.39, 0.29) is 17.9 Å². The van der Waals surface area contributed by atoms with E-state index in [9.17, 15) is 19.5 Å². The van der Waals surface area contributed by atoms with Gasteiger partial charge in [0.2, 0.25) is 5.91 Å². The first-order valence-electron chi connectivity index (χ1n) is 9.51. The van der Waals surface area contributed by atoms with Crippen molar-refractivity contribution in [1.29, 1.82) is 0 Å². The maximum Gasteiger partial charge on any atom is 0.252 e. The molecule has 0 saturated carbocycles. The highest BCUT2D eigenvalue weighted by Crippen LogP contribution is 2.12. The van der Waals surface area contributed by atoms with Gasteiger partial charge in [-0.2, -0.15) is 0 Å². The Hall–Kier alpha value is -3.77. The molecule has 0 aliphatic carbocycles. The molecule has 152 valence electrons. The quantitative estimate of drug-likeness (QED) is 0.504. The fourth-order valence-electron chi connectivity index (χ4n) is 2.90. The number of aliphatic hydroxyl groups is 1. The fraction of sp³-hybridized carbons (Fsp3) is 0.125. The van der Waals surface area contributed by atoms with Crippen LogP contribution in [-0.2, 0) is 11.3 Å². The molecule has 0 saturated heterocycles. The summed E-state index contributed by atoms with van der Waals surface area (Å²) in [7, 11) is 0. The van der Waals surface area contributed by atoms with E-state index in [2.05, 4.69) is 10.6 Å². The number of nitrogens with one attached hydrogen (secondary N) is 2. The molecule has 2 amide bonds. The van der Waals surface area contributed by atoms with E-state index >= 15 is 0 Å². The normalized spacial score (nSPS) is 11.4. The fourth-order valence-corrected chi connectivity index (χ4v) is 2.90.